The summed E-state index contributed by atoms with van der Waals surface area (Å²) in [6, 6.07) is 0. The molecule has 0 aromatic heterocycles. The molecule has 4 nitrogen and oxygen atoms in total. The molecule has 4 heteroatoms. The van der Waals surface area contributed by atoms with Crippen LogP contribution in [-0.4, -0.2) is 43.9 Å². The van der Waals surface area contributed by atoms with Crippen LogP contribution in [0.1, 0.15) is 20.8 Å². The van der Waals surface area contributed by atoms with Crippen LogP contribution in [0.25, 0.3) is 0 Å². The first-order valence-corrected chi connectivity index (χ1v) is 4.46. The topological polar surface area (TPSA) is 47.9 Å². The second-order valence-electron chi connectivity index (χ2n) is 3.62. The summed E-state index contributed by atoms with van der Waals surface area (Å²) in [6.45, 7) is 7.61. The Morgan fingerprint density at radius 3 is 2.15 bits per heavy atom. The van der Waals surface area contributed by atoms with Gasteiger partial charge in [0.25, 0.3) is 0 Å². The molecule has 0 aliphatic heterocycles. The number of hydrogen-bond acceptors (Lipinski definition) is 4. The minimum atomic E-state index is -0.161. The summed E-state index contributed by atoms with van der Waals surface area (Å²) >= 11 is 0. The summed E-state index contributed by atoms with van der Waals surface area (Å²) in [6.07, 6.45) is 0. The summed E-state index contributed by atoms with van der Waals surface area (Å²) < 4.78 is 15.4. The van der Waals surface area contributed by atoms with Gasteiger partial charge in [0.1, 0.15) is 6.79 Å². The van der Waals surface area contributed by atoms with E-state index in [4.69, 9.17) is 19.3 Å². The summed E-state index contributed by atoms with van der Waals surface area (Å²) in [5, 5.41) is 8.39. The van der Waals surface area contributed by atoms with Gasteiger partial charge in [-0.15, -0.1) is 0 Å². The van der Waals surface area contributed by atoms with E-state index in [1.54, 1.807) is 0 Å². The molecule has 0 aromatic rings. The summed E-state index contributed by atoms with van der Waals surface area (Å²) in [7, 11) is 0. The lowest BCUT2D eigenvalue weighted by Gasteiger charge is -2.19. The molecule has 1 N–H and O–H groups in total. The minimum Gasteiger partial charge on any atom is -0.394 e. The third-order valence-electron chi connectivity index (χ3n) is 1.18. The normalized spacial score (nSPS) is 12.0. The third-order valence-corrected chi connectivity index (χ3v) is 1.18. The van der Waals surface area contributed by atoms with E-state index < -0.39 is 0 Å². The lowest BCUT2D eigenvalue weighted by Crippen LogP contribution is -2.21. The van der Waals surface area contributed by atoms with Crippen LogP contribution in [0.3, 0.4) is 0 Å². The maximum atomic E-state index is 8.39. The SMILES string of the molecule is CC(C)(C)OCOCCOCCO. The van der Waals surface area contributed by atoms with Crippen molar-refractivity contribution in [3.8, 4) is 0 Å². The second kappa shape index (κ2) is 7.26. The molecule has 0 spiro atoms. The lowest BCUT2D eigenvalue weighted by atomic mass is 10.2. The zero-order valence-corrected chi connectivity index (χ0v) is 8.71. The van der Waals surface area contributed by atoms with Gasteiger partial charge in [0.15, 0.2) is 0 Å². The highest BCUT2D eigenvalue weighted by molar-refractivity contribution is 4.56. The van der Waals surface area contributed by atoms with E-state index in [9.17, 15) is 0 Å². The minimum absolute atomic E-state index is 0.0541. The smallest absolute Gasteiger partial charge is 0.147 e. The largest absolute Gasteiger partial charge is 0.394 e. The number of hydrogen-bond donors (Lipinski definition) is 1. The molecule has 0 aliphatic rings. The average Bonchev–Trinajstić information content (AvgIpc) is 2.01. The van der Waals surface area contributed by atoms with E-state index in [1.807, 2.05) is 20.8 Å². The maximum Gasteiger partial charge on any atom is 0.147 e. The van der Waals surface area contributed by atoms with Crippen molar-refractivity contribution in [2.45, 2.75) is 26.4 Å². The first-order valence-electron chi connectivity index (χ1n) is 4.46. The maximum absolute atomic E-state index is 8.39. The fourth-order valence-electron chi connectivity index (χ4n) is 0.562. The van der Waals surface area contributed by atoms with Gasteiger partial charge in [0.2, 0.25) is 0 Å². The van der Waals surface area contributed by atoms with E-state index in [0.29, 0.717) is 19.8 Å². The van der Waals surface area contributed by atoms with E-state index in [1.165, 1.54) is 0 Å². The zero-order chi connectivity index (χ0) is 10.2. The summed E-state index contributed by atoms with van der Waals surface area (Å²) in [5.74, 6) is 0. The van der Waals surface area contributed by atoms with Gasteiger partial charge in [0, 0.05) is 0 Å². The zero-order valence-electron chi connectivity index (χ0n) is 8.71. The number of aliphatic hydroxyl groups is 1. The molecular weight excluding hydrogens is 172 g/mol. The van der Waals surface area contributed by atoms with E-state index >= 15 is 0 Å². The van der Waals surface area contributed by atoms with Gasteiger partial charge < -0.3 is 19.3 Å². The predicted octanol–water partition coefficient (Wildman–Crippen LogP) is 0.784. The van der Waals surface area contributed by atoms with Gasteiger partial charge in [-0.05, 0) is 20.8 Å². The highest BCUT2D eigenvalue weighted by Crippen LogP contribution is 2.05. The van der Waals surface area contributed by atoms with E-state index in [0.717, 1.165) is 0 Å². The Balaban J connectivity index is 3.00. The van der Waals surface area contributed by atoms with Gasteiger partial charge in [-0.1, -0.05) is 0 Å². The molecule has 0 saturated heterocycles. The van der Waals surface area contributed by atoms with Crippen molar-refractivity contribution in [3.63, 3.8) is 0 Å². The van der Waals surface area contributed by atoms with Crippen molar-refractivity contribution in [1.82, 2.24) is 0 Å². The third kappa shape index (κ3) is 11.8. The van der Waals surface area contributed by atoms with Crippen LogP contribution in [0.15, 0.2) is 0 Å². The molecular formula is C9H20O4. The molecule has 0 aromatic carbocycles. The van der Waals surface area contributed by atoms with Crippen LogP contribution >= 0.6 is 0 Å². The number of ether oxygens (including phenoxy) is 3. The molecule has 0 bridgehead atoms. The van der Waals surface area contributed by atoms with Crippen LogP contribution in [-0.2, 0) is 14.2 Å². The Kier molecular flexibility index (Phi) is 7.17. The fraction of sp³-hybridized carbons (Fsp3) is 1.00. The molecule has 0 atom stereocenters. The van der Waals surface area contributed by atoms with E-state index in [2.05, 4.69) is 0 Å². The van der Waals surface area contributed by atoms with E-state index in [-0.39, 0.29) is 19.0 Å². The first kappa shape index (κ1) is 12.8. The van der Waals surface area contributed by atoms with Crippen molar-refractivity contribution in [2.75, 3.05) is 33.2 Å². The Bertz CT molecular complexity index is 109. The molecule has 0 saturated carbocycles. The van der Waals surface area contributed by atoms with Crippen molar-refractivity contribution in [2.24, 2.45) is 0 Å². The monoisotopic (exact) mass is 192 g/mol. The van der Waals surface area contributed by atoms with Gasteiger partial charge in [-0.3, -0.25) is 0 Å². The number of aliphatic hydroxyl groups excluding tert-OH is 1. The van der Waals surface area contributed by atoms with Crippen LogP contribution in [0.4, 0.5) is 0 Å². The molecule has 0 fully saturated rings. The predicted molar refractivity (Wildman–Crippen MR) is 49.6 cm³/mol. The van der Waals surface area contributed by atoms with Crippen LogP contribution in [0, 0.1) is 0 Å². The van der Waals surface area contributed by atoms with Gasteiger partial charge in [-0.25, -0.2) is 0 Å². The Morgan fingerprint density at radius 2 is 1.62 bits per heavy atom. The standard InChI is InChI=1S/C9H20O4/c1-9(2,3)13-8-12-7-6-11-5-4-10/h10H,4-8H2,1-3H3. The average molecular weight is 192 g/mol. The highest BCUT2D eigenvalue weighted by Gasteiger charge is 2.08. The quantitative estimate of drug-likeness (QED) is 0.478. The van der Waals surface area contributed by atoms with Crippen molar-refractivity contribution < 1.29 is 19.3 Å². The van der Waals surface area contributed by atoms with Crippen molar-refractivity contribution in [1.29, 1.82) is 0 Å². The van der Waals surface area contributed by atoms with Gasteiger partial charge >= 0.3 is 0 Å². The fourth-order valence-corrected chi connectivity index (χ4v) is 0.562. The summed E-state index contributed by atoms with van der Waals surface area (Å²) in [5.41, 5.74) is -0.161. The highest BCUT2D eigenvalue weighted by atomic mass is 16.7. The van der Waals surface area contributed by atoms with Gasteiger partial charge in [0.05, 0.1) is 32.0 Å². The molecule has 0 amide bonds. The molecule has 0 aliphatic carbocycles. The lowest BCUT2D eigenvalue weighted by molar-refractivity contribution is -0.127. The van der Waals surface area contributed by atoms with Crippen molar-refractivity contribution in [3.05, 3.63) is 0 Å². The second-order valence-corrected chi connectivity index (χ2v) is 3.62. The van der Waals surface area contributed by atoms with Crippen molar-refractivity contribution >= 4 is 0 Å². The molecule has 0 rings (SSSR count). The van der Waals surface area contributed by atoms with Crippen LogP contribution in [0.2, 0.25) is 0 Å². The molecule has 13 heavy (non-hydrogen) atoms. The van der Waals surface area contributed by atoms with Gasteiger partial charge in [-0.2, -0.15) is 0 Å². The summed E-state index contributed by atoms with van der Waals surface area (Å²) in [4.78, 5) is 0. The number of rotatable bonds is 7. The Hall–Kier alpha value is -0.160. The molecule has 0 heterocycles. The van der Waals surface area contributed by atoms with Crippen LogP contribution in [0.5, 0.6) is 0 Å². The van der Waals surface area contributed by atoms with Crippen LogP contribution < -0.4 is 0 Å². The Labute approximate surface area is 79.8 Å². The Morgan fingerprint density at radius 1 is 1.00 bits per heavy atom. The molecule has 0 radical (unpaired) electrons. The molecule has 80 valence electrons. The first-order chi connectivity index (χ1) is 6.06. The molecule has 0 unspecified atom stereocenters.